The van der Waals surface area contributed by atoms with Gasteiger partial charge in [0.15, 0.2) is 23.1 Å². The number of ether oxygens (including phenoxy) is 3. The summed E-state index contributed by atoms with van der Waals surface area (Å²) < 4.78 is 126. The smallest absolute Gasteiger partial charge is 0.334 e. The molecule has 5 N–H and O–H groups in total. The van der Waals surface area contributed by atoms with E-state index >= 15 is 0 Å². The number of hydrogen-bond donors (Lipinski definition) is 5. The minimum atomic E-state index is -4.47. The summed E-state index contributed by atoms with van der Waals surface area (Å²) in [6.07, 6.45) is -0.756. The Bertz CT molecular complexity index is 1960. The maximum atomic E-state index is 14.5. The monoisotopic (exact) mass is 805 g/mol. The van der Waals surface area contributed by atoms with Crippen LogP contribution in [0.15, 0.2) is 72.8 Å². The quantitative estimate of drug-likeness (QED) is 0.0561. The Morgan fingerprint density at radius 3 is 1.75 bits per heavy atom. The van der Waals surface area contributed by atoms with Crippen molar-refractivity contribution in [2.45, 2.75) is 24.9 Å². The number of amides is 3. The normalized spacial score (nSPS) is 12.7. The Hall–Kier alpha value is -5.21. The highest BCUT2D eigenvalue weighted by Gasteiger charge is 2.31. The number of anilines is 2. The maximum Gasteiger partial charge on any atom is 0.334 e. The molecule has 0 aromatic heterocycles. The van der Waals surface area contributed by atoms with E-state index in [1.165, 1.54) is 50.4 Å². The van der Waals surface area contributed by atoms with Crippen molar-refractivity contribution in [3.05, 3.63) is 119 Å². The van der Waals surface area contributed by atoms with Crippen LogP contribution in [0.1, 0.15) is 15.4 Å². The number of carbonyl (C=O) groups excluding carboxylic acids is 2. The third-order valence-electron chi connectivity index (χ3n) is 7.97. The van der Waals surface area contributed by atoms with Crippen molar-refractivity contribution in [3.63, 3.8) is 0 Å². The van der Waals surface area contributed by atoms with Gasteiger partial charge in [-0.2, -0.15) is 4.72 Å². The number of carbonyl (C=O) groups is 2. The van der Waals surface area contributed by atoms with Crippen molar-refractivity contribution in [1.29, 1.82) is 0 Å². The van der Waals surface area contributed by atoms with Crippen molar-refractivity contribution in [3.8, 4) is 11.5 Å². The molecule has 3 amide bonds. The zero-order valence-electron chi connectivity index (χ0n) is 29.9. The van der Waals surface area contributed by atoms with E-state index in [1.807, 2.05) is 4.72 Å². The van der Waals surface area contributed by atoms with E-state index in [4.69, 9.17) is 14.2 Å². The lowest BCUT2D eigenvalue weighted by atomic mass is 10.0. The van der Waals surface area contributed by atoms with Crippen LogP contribution >= 0.6 is 11.0 Å². The van der Waals surface area contributed by atoms with Gasteiger partial charge in [0.2, 0.25) is 5.91 Å². The molecule has 0 unspecified atom stereocenters. The molecule has 0 aliphatic rings. The van der Waals surface area contributed by atoms with E-state index in [9.17, 15) is 45.0 Å². The molecule has 0 spiro atoms. The van der Waals surface area contributed by atoms with E-state index in [2.05, 4.69) is 10.0 Å². The Kier molecular flexibility index (Phi) is 14.6. The van der Waals surface area contributed by atoms with E-state index in [1.54, 1.807) is 13.1 Å². The standard InChI is InChI=1S/C36H39F6N5O7S.3H2/c1-46(28-5-7-33(52-3)30(41)17-28)20-54-19-27(13-21-9-23(37)15-24(38)10-21)43-36(49)45-55(50,51)44-32(14-22-11-25(39)16-26(40)12-22)35(48)47(2)29-6-8-34(53-4)31(42)18-29;;;/h5-12,15-18,27,32,44,50-51H,13-14,19-20H2,1-4H3,(H2,43,45,49);3*1H/t27-,32-;;;/m0.../s1. The molecule has 4 aromatic carbocycles. The second kappa shape index (κ2) is 18.9. The van der Waals surface area contributed by atoms with Gasteiger partial charge < -0.3 is 29.3 Å². The number of urea groups is 1. The summed E-state index contributed by atoms with van der Waals surface area (Å²) in [7, 11) is 0.898. The lowest BCUT2D eigenvalue weighted by Gasteiger charge is -2.37. The number of likely N-dealkylation sites (N-methyl/N-ethyl adjacent to an activating group) is 1. The van der Waals surface area contributed by atoms with Gasteiger partial charge in [0.05, 0.1) is 26.9 Å². The summed E-state index contributed by atoms with van der Waals surface area (Å²) in [5, 5.41) is 2.43. The van der Waals surface area contributed by atoms with Gasteiger partial charge in [0, 0.05) is 54.0 Å². The van der Waals surface area contributed by atoms with E-state index in [0.29, 0.717) is 17.8 Å². The van der Waals surface area contributed by atoms with Crippen molar-refractivity contribution >= 4 is 34.3 Å². The molecular formula is C36H45F6N5O7S. The van der Waals surface area contributed by atoms with Gasteiger partial charge >= 0.3 is 6.03 Å². The van der Waals surface area contributed by atoms with Gasteiger partial charge in [-0.1, -0.05) is 11.0 Å². The van der Waals surface area contributed by atoms with E-state index < -0.39 is 76.3 Å². The average molecular weight is 806 g/mol. The third-order valence-corrected chi connectivity index (χ3v) is 9.06. The molecular weight excluding hydrogens is 760 g/mol. The number of methoxy groups -OCH3 is 2. The van der Waals surface area contributed by atoms with Gasteiger partial charge in [-0.15, -0.1) is 0 Å². The predicted molar refractivity (Wildman–Crippen MR) is 200 cm³/mol. The van der Waals surface area contributed by atoms with Crippen LogP contribution in [0, 0.1) is 34.9 Å². The van der Waals surface area contributed by atoms with Crippen LogP contribution in [0.2, 0.25) is 0 Å². The molecule has 0 aliphatic carbocycles. The topological polar surface area (TPSA) is 145 Å². The van der Waals surface area contributed by atoms with Crippen molar-refractivity contribution in [2.24, 2.45) is 0 Å². The molecule has 0 fully saturated rings. The molecule has 2 atom stereocenters. The molecule has 12 nitrogen and oxygen atoms in total. The van der Waals surface area contributed by atoms with Gasteiger partial charge in [0.25, 0.3) is 0 Å². The van der Waals surface area contributed by atoms with Crippen LogP contribution in [-0.4, -0.2) is 74.8 Å². The first-order valence-electron chi connectivity index (χ1n) is 16.2. The highest BCUT2D eigenvalue weighted by molar-refractivity contribution is 8.21. The average Bonchev–Trinajstić information content (AvgIpc) is 3.09. The minimum absolute atomic E-state index is 0. The molecule has 0 aliphatic heterocycles. The number of rotatable bonds is 17. The molecule has 0 heterocycles. The number of hydrogen-bond acceptors (Lipinski definition) is 9. The molecule has 0 bridgehead atoms. The lowest BCUT2D eigenvalue weighted by molar-refractivity contribution is -0.120. The van der Waals surface area contributed by atoms with Crippen molar-refractivity contribution in [1.82, 2.24) is 14.8 Å². The molecule has 304 valence electrons. The van der Waals surface area contributed by atoms with Crippen LogP contribution < -0.4 is 34.0 Å². The fraction of sp³-hybridized carbons (Fsp3) is 0.278. The molecule has 0 saturated carbocycles. The summed E-state index contributed by atoms with van der Waals surface area (Å²) in [5.41, 5.74) is 0.426. The first-order valence-corrected chi connectivity index (χ1v) is 17.8. The van der Waals surface area contributed by atoms with Crippen LogP contribution in [0.5, 0.6) is 11.5 Å². The van der Waals surface area contributed by atoms with E-state index in [-0.39, 0.29) is 52.4 Å². The van der Waals surface area contributed by atoms with Crippen molar-refractivity contribution in [2.75, 3.05) is 51.5 Å². The second-order valence-electron chi connectivity index (χ2n) is 12.2. The van der Waals surface area contributed by atoms with Gasteiger partial charge in [-0.25, -0.2) is 35.9 Å². The molecule has 0 radical (unpaired) electrons. The van der Waals surface area contributed by atoms with Crippen LogP contribution in [0.4, 0.5) is 42.5 Å². The van der Waals surface area contributed by atoms with E-state index in [0.717, 1.165) is 35.2 Å². The number of nitrogens with one attached hydrogen (secondary N) is 3. The summed E-state index contributed by atoms with van der Waals surface area (Å²) in [6, 6.07) is 8.84. The summed E-state index contributed by atoms with van der Waals surface area (Å²) in [6.45, 7) is -0.466. The second-order valence-corrected chi connectivity index (χ2v) is 13.7. The SMILES string of the molecule is COc1ccc(N(C)COC[C@H](Cc2cc(F)cc(F)c2)NC(=O)NS(O)(O)N[C@@H](Cc2cc(F)cc(F)c2)C(=O)N(C)c2ccc(OC)c(F)c2)cc1F.[HH].[HH].[HH]. The number of nitrogens with zero attached hydrogens (tertiary/aromatic N) is 2. The predicted octanol–water partition coefficient (Wildman–Crippen LogP) is 7.04. The Labute approximate surface area is 319 Å². The van der Waals surface area contributed by atoms with Gasteiger partial charge in [0.1, 0.15) is 36.0 Å². The molecule has 4 rings (SSSR count). The molecule has 19 heteroatoms. The zero-order chi connectivity index (χ0) is 40.4. The first kappa shape index (κ1) is 42.5. The number of halogens is 6. The highest BCUT2D eigenvalue weighted by Crippen LogP contribution is 2.31. The largest absolute Gasteiger partial charge is 0.494 e. The van der Waals surface area contributed by atoms with Gasteiger partial charge in [-0.3, -0.25) is 13.9 Å². The van der Waals surface area contributed by atoms with Crippen molar-refractivity contribution < 1.29 is 63.5 Å². The Morgan fingerprint density at radius 2 is 1.24 bits per heavy atom. The summed E-state index contributed by atoms with van der Waals surface area (Å²) in [5.74, 6) is -6.23. The summed E-state index contributed by atoms with van der Waals surface area (Å²) in [4.78, 5) is 29.3. The summed E-state index contributed by atoms with van der Waals surface area (Å²) >= 11 is 0. The first-order chi connectivity index (χ1) is 26.0. The van der Waals surface area contributed by atoms with Crippen LogP contribution in [-0.2, 0) is 22.4 Å². The molecule has 4 aromatic rings. The zero-order valence-corrected chi connectivity index (χ0v) is 30.7. The lowest BCUT2D eigenvalue weighted by Crippen LogP contribution is -2.53. The highest BCUT2D eigenvalue weighted by atomic mass is 32.3. The van der Waals surface area contributed by atoms with Crippen LogP contribution in [0.3, 0.4) is 0 Å². The van der Waals surface area contributed by atoms with Gasteiger partial charge in [-0.05, 0) is 72.5 Å². The fourth-order valence-corrected chi connectivity index (χ4v) is 6.36. The number of benzene rings is 4. The van der Waals surface area contributed by atoms with Crippen LogP contribution in [0.25, 0.3) is 0 Å². The Morgan fingerprint density at radius 1 is 0.745 bits per heavy atom. The minimum Gasteiger partial charge on any atom is -0.494 e. The maximum absolute atomic E-state index is 14.5. The Balaban J connectivity index is 0.00000561. The molecule has 0 saturated heterocycles. The third kappa shape index (κ3) is 12.4. The fourth-order valence-electron chi connectivity index (χ4n) is 5.40. The molecule has 55 heavy (non-hydrogen) atoms.